The van der Waals surface area contributed by atoms with Crippen LogP contribution >= 0.6 is 22.9 Å². The van der Waals surface area contributed by atoms with E-state index in [1.807, 2.05) is 30.5 Å². The second kappa shape index (κ2) is 9.48. The van der Waals surface area contributed by atoms with E-state index in [-0.39, 0.29) is 12.5 Å². The van der Waals surface area contributed by atoms with Crippen LogP contribution in [-0.2, 0) is 11.2 Å². The number of halogens is 1. The zero-order valence-corrected chi connectivity index (χ0v) is 16.8. The quantitative estimate of drug-likeness (QED) is 0.429. The first kappa shape index (κ1) is 20.0. The number of amides is 1. The second-order valence-corrected chi connectivity index (χ2v) is 7.49. The van der Waals surface area contributed by atoms with Gasteiger partial charge in [-0.25, -0.2) is 4.79 Å². The normalized spacial score (nSPS) is 10.5. The highest BCUT2D eigenvalue weighted by Crippen LogP contribution is 2.25. The molecule has 2 heterocycles. The third-order valence-electron chi connectivity index (χ3n) is 3.95. The number of esters is 1. The van der Waals surface area contributed by atoms with Gasteiger partial charge in [0.25, 0.3) is 5.91 Å². The van der Waals surface area contributed by atoms with Gasteiger partial charge in [-0.3, -0.25) is 9.78 Å². The number of ether oxygens (including phenoxy) is 1. The van der Waals surface area contributed by atoms with E-state index in [2.05, 4.69) is 10.3 Å². The molecule has 0 atom stereocenters. The van der Waals surface area contributed by atoms with Crippen molar-refractivity contribution < 1.29 is 14.3 Å². The first-order valence-electron chi connectivity index (χ1n) is 8.77. The summed E-state index contributed by atoms with van der Waals surface area (Å²) in [4.78, 5) is 29.5. The summed E-state index contributed by atoms with van der Waals surface area (Å²) in [5.74, 6) is -0.728. The maximum Gasteiger partial charge on any atom is 0.338 e. The van der Waals surface area contributed by atoms with Crippen molar-refractivity contribution in [3.05, 3.63) is 80.8 Å². The van der Waals surface area contributed by atoms with Crippen LogP contribution in [0.15, 0.2) is 53.9 Å². The highest BCUT2D eigenvalue weighted by molar-refractivity contribution is 7.12. The largest absolute Gasteiger partial charge is 0.462 e. The maximum atomic E-state index is 12.3. The van der Waals surface area contributed by atoms with E-state index >= 15 is 0 Å². The monoisotopic (exact) mass is 414 g/mol. The summed E-state index contributed by atoms with van der Waals surface area (Å²) in [5.41, 5.74) is 2.65. The van der Waals surface area contributed by atoms with Crippen LogP contribution < -0.4 is 5.32 Å². The number of nitrogens with one attached hydrogen (secondary N) is 1. The molecule has 1 amide bonds. The van der Waals surface area contributed by atoms with Crippen LogP contribution in [0.5, 0.6) is 0 Å². The standard InChI is InChI=1S/C21H19ClN2O3S/c1-14-5-2-6-16(23-14)7-3-11-27-21(26)15-9-10-17(22)18(13-15)24-20(25)19-8-4-12-28-19/h2,4-6,8-10,12-13H,3,7,11H2,1H3,(H,24,25). The molecule has 1 N–H and O–H groups in total. The fourth-order valence-corrected chi connectivity index (χ4v) is 3.36. The van der Waals surface area contributed by atoms with Gasteiger partial charge in [0.1, 0.15) is 0 Å². The molecule has 0 unspecified atom stereocenters. The maximum absolute atomic E-state index is 12.3. The molecule has 0 saturated heterocycles. The Kier molecular flexibility index (Phi) is 6.79. The smallest absolute Gasteiger partial charge is 0.338 e. The van der Waals surface area contributed by atoms with Crippen molar-refractivity contribution in [1.82, 2.24) is 4.98 Å². The number of aryl methyl sites for hydroxylation is 2. The summed E-state index contributed by atoms with van der Waals surface area (Å²) in [5, 5.41) is 4.90. The van der Waals surface area contributed by atoms with Gasteiger partial charge in [0, 0.05) is 11.4 Å². The van der Waals surface area contributed by atoms with Crippen molar-refractivity contribution in [2.45, 2.75) is 19.8 Å². The lowest BCUT2D eigenvalue weighted by molar-refractivity contribution is 0.0500. The molecule has 0 saturated carbocycles. The van der Waals surface area contributed by atoms with Crippen molar-refractivity contribution in [2.24, 2.45) is 0 Å². The number of carbonyl (C=O) groups is 2. The topological polar surface area (TPSA) is 68.3 Å². The fourth-order valence-electron chi connectivity index (χ4n) is 2.58. The Hall–Kier alpha value is -2.70. The predicted octanol–water partition coefficient (Wildman–Crippen LogP) is 5.15. The molecule has 2 aromatic heterocycles. The minimum absolute atomic E-state index is 0.270. The van der Waals surface area contributed by atoms with E-state index < -0.39 is 5.97 Å². The summed E-state index contributed by atoms with van der Waals surface area (Å²) in [6.45, 7) is 2.23. The fraction of sp³-hybridized carbons (Fsp3) is 0.190. The van der Waals surface area contributed by atoms with Crippen LogP contribution in [0, 0.1) is 6.92 Å². The number of rotatable bonds is 7. The molecular formula is C21H19ClN2O3S. The summed E-state index contributed by atoms with van der Waals surface area (Å²) in [7, 11) is 0. The first-order chi connectivity index (χ1) is 13.5. The van der Waals surface area contributed by atoms with E-state index in [1.54, 1.807) is 24.3 Å². The number of aromatic nitrogens is 1. The summed E-state index contributed by atoms with van der Waals surface area (Å²) in [6.07, 6.45) is 1.41. The lowest BCUT2D eigenvalue weighted by Crippen LogP contribution is -2.12. The Morgan fingerprint density at radius 1 is 1.18 bits per heavy atom. The number of hydrogen-bond acceptors (Lipinski definition) is 5. The van der Waals surface area contributed by atoms with Crippen molar-refractivity contribution in [2.75, 3.05) is 11.9 Å². The molecule has 7 heteroatoms. The average Bonchev–Trinajstić information content (AvgIpc) is 3.22. The van der Waals surface area contributed by atoms with Crippen molar-refractivity contribution >= 4 is 40.5 Å². The molecule has 0 spiro atoms. The molecule has 3 aromatic rings. The van der Waals surface area contributed by atoms with Crippen molar-refractivity contribution in [3.63, 3.8) is 0 Å². The molecule has 5 nitrogen and oxygen atoms in total. The third-order valence-corrected chi connectivity index (χ3v) is 5.15. The van der Waals surface area contributed by atoms with Gasteiger partial charge in [-0.15, -0.1) is 11.3 Å². The number of hydrogen-bond donors (Lipinski definition) is 1. The van der Waals surface area contributed by atoms with Crippen LogP contribution in [0.4, 0.5) is 5.69 Å². The molecule has 1 aromatic carbocycles. The number of pyridine rings is 1. The number of carbonyl (C=O) groups excluding carboxylic acids is 2. The summed E-state index contributed by atoms with van der Waals surface area (Å²) >= 11 is 7.47. The highest BCUT2D eigenvalue weighted by atomic mass is 35.5. The van der Waals surface area contributed by atoms with Crippen LogP contribution in [0.1, 0.15) is 37.8 Å². The predicted molar refractivity (Wildman–Crippen MR) is 111 cm³/mol. The number of nitrogens with zero attached hydrogens (tertiary/aromatic N) is 1. The molecule has 0 aliphatic heterocycles. The van der Waals surface area contributed by atoms with Gasteiger partial charge in [-0.1, -0.05) is 23.7 Å². The van der Waals surface area contributed by atoms with Crippen LogP contribution in [0.3, 0.4) is 0 Å². The van der Waals surface area contributed by atoms with E-state index in [0.29, 0.717) is 27.6 Å². The lowest BCUT2D eigenvalue weighted by Gasteiger charge is -2.09. The zero-order chi connectivity index (χ0) is 19.9. The van der Waals surface area contributed by atoms with E-state index in [1.165, 1.54) is 17.4 Å². The van der Waals surface area contributed by atoms with E-state index in [4.69, 9.17) is 16.3 Å². The third kappa shape index (κ3) is 5.41. The van der Waals surface area contributed by atoms with Gasteiger partial charge in [-0.2, -0.15) is 0 Å². The first-order valence-corrected chi connectivity index (χ1v) is 10.0. The van der Waals surface area contributed by atoms with E-state index in [0.717, 1.165) is 17.8 Å². The number of anilines is 1. The van der Waals surface area contributed by atoms with Gasteiger partial charge in [-0.05, 0) is 61.5 Å². The average molecular weight is 415 g/mol. The molecular weight excluding hydrogens is 396 g/mol. The Labute approximate surface area is 172 Å². The van der Waals surface area contributed by atoms with Crippen molar-refractivity contribution in [3.8, 4) is 0 Å². The van der Waals surface area contributed by atoms with Crippen LogP contribution in [0.25, 0.3) is 0 Å². The van der Waals surface area contributed by atoms with Crippen LogP contribution in [0.2, 0.25) is 5.02 Å². The molecule has 28 heavy (non-hydrogen) atoms. The molecule has 0 fully saturated rings. The van der Waals surface area contributed by atoms with Crippen LogP contribution in [-0.4, -0.2) is 23.5 Å². The lowest BCUT2D eigenvalue weighted by atomic mass is 10.2. The van der Waals surface area contributed by atoms with Gasteiger partial charge >= 0.3 is 5.97 Å². The Balaban J connectivity index is 1.55. The van der Waals surface area contributed by atoms with Gasteiger partial charge in [0.15, 0.2) is 0 Å². The summed E-state index contributed by atoms with van der Waals surface area (Å²) < 4.78 is 5.33. The molecule has 0 aliphatic carbocycles. The second-order valence-electron chi connectivity index (χ2n) is 6.14. The highest BCUT2D eigenvalue weighted by Gasteiger charge is 2.13. The Morgan fingerprint density at radius 2 is 2.04 bits per heavy atom. The summed E-state index contributed by atoms with van der Waals surface area (Å²) in [6, 6.07) is 14.0. The van der Waals surface area contributed by atoms with Gasteiger partial charge in [0.05, 0.1) is 27.8 Å². The number of benzene rings is 1. The molecule has 3 rings (SSSR count). The van der Waals surface area contributed by atoms with Gasteiger partial charge in [0.2, 0.25) is 0 Å². The molecule has 0 bridgehead atoms. The Bertz CT molecular complexity index is 974. The minimum Gasteiger partial charge on any atom is -0.462 e. The minimum atomic E-state index is -0.458. The Morgan fingerprint density at radius 3 is 2.79 bits per heavy atom. The molecule has 144 valence electrons. The molecule has 0 aliphatic rings. The SMILES string of the molecule is Cc1cccc(CCCOC(=O)c2ccc(Cl)c(NC(=O)c3cccs3)c2)n1. The van der Waals surface area contributed by atoms with Crippen molar-refractivity contribution in [1.29, 1.82) is 0 Å². The number of thiophene rings is 1. The zero-order valence-electron chi connectivity index (χ0n) is 15.3. The van der Waals surface area contributed by atoms with E-state index in [9.17, 15) is 9.59 Å². The van der Waals surface area contributed by atoms with Gasteiger partial charge < -0.3 is 10.1 Å². The molecule has 0 radical (unpaired) electrons.